The molecule has 0 saturated heterocycles. The van der Waals surface area contributed by atoms with Gasteiger partial charge >= 0.3 is 0 Å². The van der Waals surface area contributed by atoms with Gasteiger partial charge in [-0.2, -0.15) is 0 Å². The molecule has 0 aromatic rings. The van der Waals surface area contributed by atoms with Gasteiger partial charge in [-0.25, -0.2) is 0 Å². The summed E-state index contributed by atoms with van der Waals surface area (Å²) in [7, 11) is 0. The van der Waals surface area contributed by atoms with Crippen molar-refractivity contribution in [3.8, 4) is 0 Å². The molecule has 1 aliphatic rings. The van der Waals surface area contributed by atoms with Gasteiger partial charge in [0.1, 0.15) is 0 Å². The largest absolute Gasteiger partial charge is 0.0833 e. The van der Waals surface area contributed by atoms with Crippen LogP contribution in [0.3, 0.4) is 0 Å². The highest BCUT2D eigenvalue weighted by atomic mass is 79.9. The van der Waals surface area contributed by atoms with Crippen LogP contribution in [0.5, 0.6) is 0 Å². The van der Waals surface area contributed by atoms with Gasteiger partial charge in [0.05, 0.1) is 0 Å². The maximum absolute atomic E-state index is 3.75. The molecule has 0 heterocycles. The Kier molecular flexibility index (Phi) is 8.08. The molecule has 0 fully saturated rings. The SMILES string of the molecule is Br/C1=C\CCCCCCCCCCC1Br. The first-order valence-corrected chi connectivity index (χ1v) is 8.01. The van der Waals surface area contributed by atoms with Gasteiger partial charge in [0.25, 0.3) is 0 Å². The molecule has 0 aromatic heterocycles. The molecule has 0 saturated carbocycles. The minimum Gasteiger partial charge on any atom is -0.0833 e. The van der Waals surface area contributed by atoms with Crippen LogP contribution < -0.4 is 0 Å². The minimum atomic E-state index is 0.554. The van der Waals surface area contributed by atoms with Crippen LogP contribution in [0.25, 0.3) is 0 Å². The third kappa shape index (κ3) is 6.78. The van der Waals surface area contributed by atoms with E-state index < -0.39 is 0 Å². The summed E-state index contributed by atoms with van der Waals surface area (Å²) in [5, 5.41) is 0. The van der Waals surface area contributed by atoms with Gasteiger partial charge in [-0.1, -0.05) is 82.9 Å². The van der Waals surface area contributed by atoms with Crippen LogP contribution in [0, 0.1) is 0 Å². The number of alkyl halides is 1. The third-order valence-corrected chi connectivity index (χ3v) is 5.49. The van der Waals surface area contributed by atoms with Gasteiger partial charge < -0.3 is 0 Å². The maximum Gasteiger partial charge on any atom is 0.0458 e. The van der Waals surface area contributed by atoms with Gasteiger partial charge in [-0.05, 0) is 19.3 Å². The molecule has 0 nitrogen and oxygen atoms in total. The summed E-state index contributed by atoms with van der Waals surface area (Å²) in [6.45, 7) is 0. The van der Waals surface area contributed by atoms with Crippen LogP contribution in [0.2, 0.25) is 0 Å². The molecule has 2 heteroatoms. The smallest absolute Gasteiger partial charge is 0.0458 e. The molecule has 0 radical (unpaired) electrons. The molecule has 1 rings (SSSR count). The average molecular weight is 338 g/mol. The van der Waals surface area contributed by atoms with E-state index in [1.807, 2.05) is 0 Å². The number of rotatable bonds is 0. The molecular weight excluding hydrogens is 316 g/mol. The van der Waals surface area contributed by atoms with E-state index in [0.29, 0.717) is 4.83 Å². The van der Waals surface area contributed by atoms with Crippen molar-refractivity contribution in [2.45, 2.75) is 69.0 Å². The number of hydrogen-bond donors (Lipinski definition) is 0. The highest BCUT2D eigenvalue weighted by molar-refractivity contribution is 9.14. The Labute approximate surface area is 111 Å². The van der Waals surface area contributed by atoms with Crippen LogP contribution in [0.1, 0.15) is 64.2 Å². The molecule has 1 atom stereocenters. The van der Waals surface area contributed by atoms with Gasteiger partial charge in [0.15, 0.2) is 0 Å². The summed E-state index contributed by atoms with van der Waals surface area (Å²) in [6, 6.07) is 0. The summed E-state index contributed by atoms with van der Waals surface area (Å²) in [5.74, 6) is 0. The van der Waals surface area contributed by atoms with Gasteiger partial charge in [0, 0.05) is 9.31 Å². The molecule has 15 heavy (non-hydrogen) atoms. The molecule has 0 amide bonds. The first-order valence-electron chi connectivity index (χ1n) is 6.30. The second kappa shape index (κ2) is 8.81. The van der Waals surface area contributed by atoms with E-state index in [1.165, 1.54) is 68.7 Å². The normalized spacial score (nSPS) is 30.5. The molecule has 0 N–H and O–H groups in total. The number of allylic oxidation sites excluding steroid dienone is 2. The van der Waals surface area contributed by atoms with Crippen LogP contribution in [0.15, 0.2) is 10.6 Å². The van der Waals surface area contributed by atoms with Gasteiger partial charge in [0.2, 0.25) is 0 Å². The van der Waals surface area contributed by atoms with Crippen LogP contribution in [0.4, 0.5) is 0 Å². The van der Waals surface area contributed by atoms with E-state index in [1.54, 1.807) is 0 Å². The minimum absolute atomic E-state index is 0.554. The number of halogens is 2. The number of hydrogen-bond acceptors (Lipinski definition) is 0. The lowest BCUT2D eigenvalue weighted by atomic mass is 10.1. The van der Waals surface area contributed by atoms with Crippen molar-refractivity contribution >= 4 is 31.9 Å². The fourth-order valence-corrected chi connectivity index (χ4v) is 3.00. The average Bonchev–Trinajstić information content (AvgIpc) is 2.25. The van der Waals surface area contributed by atoms with Crippen LogP contribution >= 0.6 is 31.9 Å². The van der Waals surface area contributed by atoms with Crippen molar-refractivity contribution in [3.63, 3.8) is 0 Å². The lowest BCUT2D eigenvalue weighted by molar-refractivity contribution is 0.566. The zero-order chi connectivity index (χ0) is 10.9. The van der Waals surface area contributed by atoms with Crippen LogP contribution in [-0.4, -0.2) is 4.83 Å². The van der Waals surface area contributed by atoms with Crippen molar-refractivity contribution < 1.29 is 0 Å². The molecule has 1 unspecified atom stereocenters. The standard InChI is InChI=1S/C13H22Br2/c14-12-10-8-6-4-2-1-3-5-7-9-11-13(12)15/h10,13H,1-9,11H2/b12-10-. The summed E-state index contributed by atoms with van der Waals surface area (Å²) >= 11 is 7.43. The summed E-state index contributed by atoms with van der Waals surface area (Å²) < 4.78 is 1.36. The summed E-state index contributed by atoms with van der Waals surface area (Å²) in [5.41, 5.74) is 0. The first-order chi connectivity index (χ1) is 7.30. The van der Waals surface area contributed by atoms with E-state index in [2.05, 4.69) is 37.9 Å². The first kappa shape index (κ1) is 13.8. The van der Waals surface area contributed by atoms with Crippen molar-refractivity contribution in [1.29, 1.82) is 0 Å². The van der Waals surface area contributed by atoms with Gasteiger partial charge in [-0.3, -0.25) is 0 Å². The Morgan fingerprint density at radius 3 is 2.07 bits per heavy atom. The highest BCUT2D eigenvalue weighted by Crippen LogP contribution is 2.26. The molecule has 1 aliphatic carbocycles. The Morgan fingerprint density at radius 2 is 1.40 bits per heavy atom. The lowest BCUT2D eigenvalue weighted by Crippen LogP contribution is -1.97. The molecule has 0 aliphatic heterocycles. The van der Waals surface area contributed by atoms with Crippen molar-refractivity contribution in [3.05, 3.63) is 10.6 Å². The van der Waals surface area contributed by atoms with E-state index in [9.17, 15) is 0 Å². The summed E-state index contributed by atoms with van der Waals surface area (Å²) in [4.78, 5) is 0.554. The Balaban J connectivity index is 2.34. The highest BCUT2D eigenvalue weighted by Gasteiger charge is 2.07. The Hall–Kier alpha value is 0.700. The van der Waals surface area contributed by atoms with E-state index in [4.69, 9.17) is 0 Å². The fourth-order valence-electron chi connectivity index (χ4n) is 2.03. The van der Waals surface area contributed by atoms with E-state index in [-0.39, 0.29) is 0 Å². The van der Waals surface area contributed by atoms with E-state index >= 15 is 0 Å². The van der Waals surface area contributed by atoms with Crippen molar-refractivity contribution in [2.24, 2.45) is 0 Å². The lowest BCUT2D eigenvalue weighted by Gasteiger charge is -2.08. The third-order valence-electron chi connectivity index (χ3n) is 3.05. The molecule has 0 aromatic carbocycles. The quantitative estimate of drug-likeness (QED) is 0.479. The Bertz CT molecular complexity index is 187. The second-order valence-corrected chi connectivity index (χ2v) is 6.48. The molecule has 0 spiro atoms. The van der Waals surface area contributed by atoms with Gasteiger partial charge in [-0.15, -0.1) is 0 Å². The fraction of sp³-hybridized carbons (Fsp3) is 0.846. The molecular formula is C13H22Br2. The Morgan fingerprint density at radius 1 is 0.867 bits per heavy atom. The second-order valence-electron chi connectivity index (χ2n) is 4.46. The predicted octanol–water partition coefficient (Wildman–Crippen LogP) is 5.94. The zero-order valence-electron chi connectivity index (χ0n) is 9.48. The van der Waals surface area contributed by atoms with Crippen molar-refractivity contribution in [1.82, 2.24) is 0 Å². The van der Waals surface area contributed by atoms with Crippen molar-refractivity contribution in [2.75, 3.05) is 0 Å². The maximum atomic E-state index is 3.75. The van der Waals surface area contributed by atoms with E-state index in [0.717, 1.165) is 0 Å². The topological polar surface area (TPSA) is 0 Å². The molecule has 88 valence electrons. The zero-order valence-corrected chi connectivity index (χ0v) is 12.7. The predicted molar refractivity (Wildman–Crippen MR) is 75.9 cm³/mol. The van der Waals surface area contributed by atoms with Crippen LogP contribution in [-0.2, 0) is 0 Å². The molecule has 0 bridgehead atoms. The monoisotopic (exact) mass is 336 g/mol. The summed E-state index contributed by atoms with van der Waals surface area (Å²) in [6.07, 6.45) is 16.2.